The molecule has 1 aliphatic heterocycles. The summed E-state index contributed by atoms with van der Waals surface area (Å²) >= 11 is 3.23. The van der Waals surface area contributed by atoms with E-state index in [-0.39, 0.29) is 22.7 Å². The molecule has 36 heavy (non-hydrogen) atoms. The first-order valence-corrected chi connectivity index (χ1v) is 13.2. The van der Waals surface area contributed by atoms with E-state index in [1.54, 1.807) is 40.9 Å². The van der Waals surface area contributed by atoms with Gasteiger partial charge in [0.2, 0.25) is 5.91 Å². The van der Waals surface area contributed by atoms with Crippen molar-refractivity contribution in [2.24, 2.45) is 0 Å². The molecule has 0 radical (unpaired) electrons. The average Bonchev–Trinajstić information content (AvgIpc) is 3.38. The lowest BCUT2D eigenvalue weighted by atomic mass is 9.81. The van der Waals surface area contributed by atoms with Crippen molar-refractivity contribution in [3.05, 3.63) is 80.7 Å². The summed E-state index contributed by atoms with van der Waals surface area (Å²) in [6, 6.07) is 14.2. The molecule has 0 saturated heterocycles. The Balaban J connectivity index is 1.52. The number of fused-ring (bicyclic) bond motifs is 2. The molecule has 4 aromatic rings. The molecule has 0 bridgehead atoms. The number of nitrogens with one attached hydrogen (secondary N) is 2. The van der Waals surface area contributed by atoms with Gasteiger partial charge in [-0.1, -0.05) is 12.1 Å². The van der Waals surface area contributed by atoms with Crippen molar-refractivity contribution in [2.45, 2.75) is 45.2 Å². The van der Waals surface area contributed by atoms with E-state index >= 15 is 0 Å². The van der Waals surface area contributed by atoms with Crippen LogP contribution in [0.15, 0.2) is 54.6 Å². The number of thiazole rings is 1. The van der Waals surface area contributed by atoms with Crippen molar-refractivity contribution < 1.29 is 9.72 Å². The molecule has 0 aliphatic carbocycles. The second-order valence-corrected chi connectivity index (χ2v) is 12.1. The number of aromatic nitrogens is 1. The number of anilines is 1. The number of rotatable bonds is 5. The summed E-state index contributed by atoms with van der Waals surface area (Å²) in [5.41, 5.74) is 3.52. The molecule has 2 N–H and O–H groups in total. The highest BCUT2D eigenvalue weighted by molar-refractivity contribution is 7.23. The number of nitro groups is 1. The minimum Gasteiger partial charge on any atom is -0.313 e. The van der Waals surface area contributed by atoms with Gasteiger partial charge in [0.1, 0.15) is 10.0 Å². The fourth-order valence-corrected chi connectivity index (χ4v) is 7.24. The Kier molecular flexibility index (Phi) is 6.02. The Morgan fingerprint density at radius 1 is 1.11 bits per heavy atom. The maximum atomic E-state index is 13.0. The lowest BCUT2D eigenvalue weighted by molar-refractivity contribution is -0.384. The number of hydrogen-bond donors (Lipinski definition) is 2. The zero-order valence-electron chi connectivity index (χ0n) is 20.4. The van der Waals surface area contributed by atoms with E-state index in [0.717, 1.165) is 32.2 Å². The summed E-state index contributed by atoms with van der Waals surface area (Å²) in [7, 11) is 0. The third-order valence-corrected chi connectivity index (χ3v) is 8.64. The summed E-state index contributed by atoms with van der Waals surface area (Å²) < 4.78 is 1.11. The molecule has 0 saturated carbocycles. The van der Waals surface area contributed by atoms with Crippen molar-refractivity contribution in [3.63, 3.8) is 0 Å². The predicted octanol–water partition coefficient (Wildman–Crippen LogP) is 6.74. The quantitative estimate of drug-likeness (QED) is 0.173. The lowest BCUT2D eigenvalue weighted by Crippen LogP contribution is -2.54. The van der Waals surface area contributed by atoms with Crippen LogP contribution in [-0.4, -0.2) is 21.4 Å². The standard InChI is InChI=1S/C27H26N4O3S2/c1-26(2)15-18-22(24-28-19-7-5-6-8-20(19)35-24)25(36-23(18)27(3,4)30-26)29-21(32)14-11-16-9-12-17(13-10-16)31(33)34/h5-14,30H,15H2,1-4H3,(H,29,32). The number of thiophene rings is 1. The summed E-state index contributed by atoms with van der Waals surface area (Å²) in [5.74, 6) is -0.265. The van der Waals surface area contributed by atoms with E-state index in [4.69, 9.17) is 4.98 Å². The van der Waals surface area contributed by atoms with Crippen LogP contribution in [0, 0.1) is 10.1 Å². The third-order valence-electron chi connectivity index (χ3n) is 6.12. The monoisotopic (exact) mass is 518 g/mol. The number of nitrogens with zero attached hydrogens (tertiary/aromatic N) is 2. The first-order valence-electron chi connectivity index (χ1n) is 11.6. The zero-order chi connectivity index (χ0) is 25.7. The van der Waals surface area contributed by atoms with Crippen molar-refractivity contribution >= 4 is 55.6 Å². The number of carbonyl (C=O) groups excluding carboxylic acids is 1. The van der Waals surface area contributed by atoms with E-state index < -0.39 is 4.92 Å². The Bertz CT molecular complexity index is 1480. The normalized spacial score (nSPS) is 16.2. The SMILES string of the molecule is CC1(C)Cc2c(sc(NC(=O)C=Cc3ccc([N+](=O)[O-])cc3)c2-c2nc3ccccc3s2)C(C)(C)N1. The second kappa shape index (κ2) is 8.92. The minimum atomic E-state index is -0.444. The van der Waals surface area contributed by atoms with Crippen LogP contribution in [0.4, 0.5) is 10.7 Å². The average molecular weight is 519 g/mol. The third kappa shape index (κ3) is 4.69. The predicted molar refractivity (Wildman–Crippen MR) is 148 cm³/mol. The lowest BCUT2D eigenvalue weighted by Gasteiger charge is -2.42. The number of amides is 1. The molecule has 0 unspecified atom stereocenters. The first kappa shape index (κ1) is 24.3. The van der Waals surface area contributed by atoms with Gasteiger partial charge in [-0.2, -0.15) is 0 Å². The van der Waals surface area contributed by atoms with Gasteiger partial charge in [0, 0.05) is 39.7 Å². The Labute approximate surface area is 217 Å². The van der Waals surface area contributed by atoms with E-state index in [9.17, 15) is 14.9 Å². The van der Waals surface area contributed by atoms with Crippen molar-refractivity contribution in [3.8, 4) is 10.6 Å². The van der Waals surface area contributed by atoms with Gasteiger partial charge < -0.3 is 10.6 Å². The number of hydrogen-bond acceptors (Lipinski definition) is 7. The van der Waals surface area contributed by atoms with Gasteiger partial charge in [-0.15, -0.1) is 22.7 Å². The molecular weight excluding hydrogens is 492 g/mol. The van der Waals surface area contributed by atoms with Crippen LogP contribution < -0.4 is 10.6 Å². The molecule has 5 rings (SSSR count). The van der Waals surface area contributed by atoms with Crippen LogP contribution in [0.3, 0.4) is 0 Å². The smallest absolute Gasteiger partial charge is 0.269 e. The number of benzene rings is 2. The van der Waals surface area contributed by atoms with Gasteiger partial charge in [-0.25, -0.2) is 4.98 Å². The van der Waals surface area contributed by atoms with Crippen LogP contribution >= 0.6 is 22.7 Å². The number of para-hydroxylation sites is 1. The van der Waals surface area contributed by atoms with Crippen LogP contribution in [0.25, 0.3) is 26.9 Å². The summed E-state index contributed by atoms with van der Waals surface area (Å²) in [5, 5.41) is 19.4. The number of non-ortho nitro benzene ring substituents is 1. The summed E-state index contributed by atoms with van der Waals surface area (Å²) in [6.07, 6.45) is 3.93. The van der Waals surface area contributed by atoms with Crippen LogP contribution in [0.5, 0.6) is 0 Å². The summed E-state index contributed by atoms with van der Waals surface area (Å²) in [4.78, 5) is 29.5. The second-order valence-electron chi connectivity index (χ2n) is 10.1. The molecule has 0 fully saturated rings. The van der Waals surface area contributed by atoms with E-state index in [1.807, 2.05) is 18.2 Å². The molecule has 2 aromatic carbocycles. The fourth-order valence-electron chi connectivity index (χ4n) is 4.85. The maximum absolute atomic E-state index is 13.0. The number of carbonyl (C=O) groups is 1. The Hall–Kier alpha value is -3.40. The molecule has 0 spiro atoms. The van der Waals surface area contributed by atoms with Gasteiger partial charge in [-0.05, 0) is 75.6 Å². The molecule has 1 aliphatic rings. The van der Waals surface area contributed by atoms with E-state index in [1.165, 1.54) is 28.6 Å². The zero-order valence-corrected chi connectivity index (χ0v) is 22.0. The van der Waals surface area contributed by atoms with Crippen molar-refractivity contribution in [1.82, 2.24) is 10.3 Å². The van der Waals surface area contributed by atoms with Crippen LogP contribution in [0.1, 0.15) is 43.7 Å². The van der Waals surface area contributed by atoms with Gasteiger partial charge in [0.25, 0.3) is 5.69 Å². The minimum absolute atomic E-state index is 0.0143. The highest BCUT2D eigenvalue weighted by Gasteiger charge is 2.41. The van der Waals surface area contributed by atoms with E-state index in [0.29, 0.717) is 5.56 Å². The van der Waals surface area contributed by atoms with Gasteiger partial charge in [0.05, 0.1) is 15.1 Å². The highest BCUT2D eigenvalue weighted by Crippen LogP contribution is 2.50. The first-order chi connectivity index (χ1) is 17.0. The molecule has 2 aromatic heterocycles. The van der Waals surface area contributed by atoms with Crippen molar-refractivity contribution in [1.29, 1.82) is 0 Å². The summed E-state index contributed by atoms with van der Waals surface area (Å²) in [6.45, 7) is 8.74. The molecule has 0 atom stereocenters. The fraction of sp³-hybridized carbons (Fsp3) is 0.259. The molecule has 9 heteroatoms. The van der Waals surface area contributed by atoms with Gasteiger partial charge >= 0.3 is 0 Å². The number of nitro benzene ring substituents is 1. The molecular formula is C27H26N4O3S2. The van der Waals surface area contributed by atoms with Crippen LogP contribution in [0.2, 0.25) is 0 Å². The largest absolute Gasteiger partial charge is 0.313 e. The topological polar surface area (TPSA) is 97.2 Å². The van der Waals surface area contributed by atoms with Gasteiger partial charge in [0.15, 0.2) is 0 Å². The molecule has 3 heterocycles. The Morgan fingerprint density at radius 2 is 1.83 bits per heavy atom. The van der Waals surface area contributed by atoms with Gasteiger partial charge in [-0.3, -0.25) is 14.9 Å². The Morgan fingerprint density at radius 3 is 2.53 bits per heavy atom. The highest BCUT2D eigenvalue weighted by atomic mass is 32.1. The van der Waals surface area contributed by atoms with Crippen LogP contribution in [-0.2, 0) is 16.8 Å². The molecule has 184 valence electrons. The maximum Gasteiger partial charge on any atom is 0.269 e. The molecule has 1 amide bonds. The molecule has 7 nitrogen and oxygen atoms in total. The van der Waals surface area contributed by atoms with E-state index in [2.05, 4.69) is 44.4 Å². The van der Waals surface area contributed by atoms with Crippen molar-refractivity contribution in [2.75, 3.05) is 5.32 Å².